The van der Waals surface area contributed by atoms with Crippen molar-refractivity contribution < 1.29 is 19.0 Å². The Bertz CT molecular complexity index is 1130. The van der Waals surface area contributed by atoms with E-state index in [1.54, 1.807) is 34.9 Å². The number of rotatable bonds is 7. The Hall–Kier alpha value is -3.25. The molecule has 3 aromatic rings. The number of aliphatic hydroxyl groups excluding tert-OH is 1. The van der Waals surface area contributed by atoms with Crippen molar-refractivity contribution in [3.05, 3.63) is 76.3 Å². The summed E-state index contributed by atoms with van der Waals surface area (Å²) in [6.45, 7) is 2.47. The van der Waals surface area contributed by atoms with Crippen LogP contribution >= 0.6 is 0 Å². The number of ether oxygens (including phenoxy) is 1. The van der Waals surface area contributed by atoms with Gasteiger partial charge in [-0.1, -0.05) is 37.3 Å². The number of aromatic nitrogens is 1. The van der Waals surface area contributed by atoms with Gasteiger partial charge in [0.25, 0.3) is 5.56 Å². The van der Waals surface area contributed by atoms with Gasteiger partial charge < -0.3 is 14.4 Å². The van der Waals surface area contributed by atoms with E-state index in [1.165, 1.54) is 25.3 Å². The van der Waals surface area contributed by atoms with E-state index < -0.39 is 12.1 Å². The van der Waals surface area contributed by atoms with Crippen LogP contribution in [0.4, 0.5) is 4.39 Å². The molecule has 156 valence electrons. The number of pyridine rings is 1. The van der Waals surface area contributed by atoms with E-state index in [-0.39, 0.29) is 17.8 Å². The van der Waals surface area contributed by atoms with Crippen molar-refractivity contribution in [3.63, 3.8) is 0 Å². The van der Waals surface area contributed by atoms with Crippen molar-refractivity contribution in [1.29, 1.82) is 0 Å². The molecule has 6 heteroatoms. The van der Waals surface area contributed by atoms with Crippen molar-refractivity contribution >= 4 is 22.8 Å². The van der Waals surface area contributed by atoms with Crippen LogP contribution < -0.4 is 5.56 Å². The summed E-state index contributed by atoms with van der Waals surface area (Å²) in [6, 6.07) is 13.2. The molecule has 0 spiro atoms. The van der Waals surface area contributed by atoms with Crippen molar-refractivity contribution in [3.8, 4) is 11.3 Å². The lowest BCUT2D eigenvalue weighted by molar-refractivity contribution is -0.142. The third-order valence-electron chi connectivity index (χ3n) is 4.87. The summed E-state index contributed by atoms with van der Waals surface area (Å²) in [4.78, 5) is 24.7. The van der Waals surface area contributed by atoms with Crippen molar-refractivity contribution in [1.82, 2.24) is 4.57 Å². The largest absolute Gasteiger partial charge is 0.469 e. The fourth-order valence-electron chi connectivity index (χ4n) is 3.48. The maximum Gasteiger partial charge on any atom is 0.308 e. The normalized spacial score (nSPS) is 12.4. The monoisotopic (exact) mass is 409 g/mol. The van der Waals surface area contributed by atoms with Crippen LogP contribution in [0.25, 0.3) is 28.1 Å². The molecular weight excluding hydrogens is 385 g/mol. The highest BCUT2D eigenvalue weighted by Crippen LogP contribution is 2.30. The molecule has 1 N–H and O–H groups in total. The molecule has 0 aliphatic heterocycles. The molecule has 1 atom stereocenters. The first-order valence-corrected chi connectivity index (χ1v) is 9.80. The zero-order valence-corrected chi connectivity index (χ0v) is 17.0. The van der Waals surface area contributed by atoms with Crippen molar-refractivity contribution in [2.75, 3.05) is 7.11 Å². The number of hydrogen-bond acceptors (Lipinski definition) is 4. The summed E-state index contributed by atoms with van der Waals surface area (Å²) < 4.78 is 19.8. The topological polar surface area (TPSA) is 68.5 Å². The number of benzene rings is 2. The lowest BCUT2D eigenvalue weighted by Crippen LogP contribution is -2.23. The summed E-state index contributed by atoms with van der Waals surface area (Å²) in [7, 11) is 1.26. The molecular formula is C24H24FNO4. The van der Waals surface area contributed by atoms with Crippen LogP contribution in [-0.4, -0.2) is 28.9 Å². The first kappa shape index (κ1) is 21.5. The van der Waals surface area contributed by atoms with E-state index in [0.717, 1.165) is 11.8 Å². The molecule has 0 aliphatic rings. The van der Waals surface area contributed by atoms with Gasteiger partial charge in [-0.2, -0.15) is 0 Å². The van der Waals surface area contributed by atoms with Gasteiger partial charge in [0.15, 0.2) is 0 Å². The molecule has 1 heterocycles. The number of esters is 1. The minimum atomic E-state index is -1.04. The van der Waals surface area contributed by atoms with Crippen LogP contribution in [-0.2, 0) is 16.1 Å². The molecule has 0 saturated heterocycles. The van der Waals surface area contributed by atoms with Gasteiger partial charge in [0, 0.05) is 17.5 Å². The Balaban J connectivity index is 2.28. The van der Waals surface area contributed by atoms with Crippen LogP contribution in [0.1, 0.15) is 25.3 Å². The first-order valence-electron chi connectivity index (χ1n) is 9.80. The highest BCUT2D eigenvalue weighted by atomic mass is 19.1. The van der Waals surface area contributed by atoms with Gasteiger partial charge in [0.2, 0.25) is 0 Å². The Kier molecular flexibility index (Phi) is 6.79. The molecule has 30 heavy (non-hydrogen) atoms. The molecule has 0 saturated carbocycles. The number of carbonyl (C=O) groups excluding carboxylic acids is 1. The summed E-state index contributed by atoms with van der Waals surface area (Å²) >= 11 is 0. The van der Waals surface area contributed by atoms with Crippen LogP contribution in [0, 0.1) is 5.82 Å². The van der Waals surface area contributed by atoms with Gasteiger partial charge in [-0.3, -0.25) is 9.59 Å². The van der Waals surface area contributed by atoms with Crippen molar-refractivity contribution in [2.45, 2.75) is 32.4 Å². The average Bonchev–Trinajstić information content (AvgIpc) is 2.75. The lowest BCUT2D eigenvalue weighted by Gasteiger charge is -2.18. The Morgan fingerprint density at radius 1 is 1.17 bits per heavy atom. The first-order chi connectivity index (χ1) is 14.5. The van der Waals surface area contributed by atoms with E-state index in [1.807, 2.05) is 19.1 Å². The maximum absolute atomic E-state index is 13.5. The smallest absolute Gasteiger partial charge is 0.308 e. The highest BCUT2D eigenvalue weighted by Gasteiger charge is 2.17. The van der Waals surface area contributed by atoms with E-state index in [4.69, 9.17) is 0 Å². The van der Waals surface area contributed by atoms with Gasteiger partial charge in [0.1, 0.15) is 5.82 Å². The summed E-state index contributed by atoms with van der Waals surface area (Å²) in [5.41, 5.74) is 1.92. The van der Waals surface area contributed by atoms with E-state index in [9.17, 15) is 19.1 Å². The zero-order valence-electron chi connectivity index (χ0n) is 17.0. The zero-order chi connectivity index (χ0) is 21.7. The number of fused-ring (bicyclic) bond motifs is 1. The third-order valence-corrected chi connectivity index (χ3v) is 4.87. The molecule has 5 nitrogen and oxygen atoms in total. The van der Waals surface area contributed by atoms with Crippen LogP contribution in [0.3, 0.4) is 0 Å². The van der Waals surface area contributed by atoms with Crippen LogP contribution in [0.2, 0.25) is 0 Å². The average molecular weight is 409 g/mol. The molecule has 3 rings (SSSR count). The third kappa shape index (κ3) is 4.49. The number of carbonyl (C=O) groups is 1. The lowest BCUT2D eigenvalue weighted by atomic mass is 9.97. The number of methoxy groups -OCH3 is 1. The standard InChI is InChI=1S/C24H24FNO4/c1-3-14-26-23(16-8-10-17(25)11-9-16)20(13-12-18(27)15-22(28)30-2)19-6-4-5-7-21(19)24(26)29/h4-13,18,27H,3,14-15H2,1-2H3/t18-/m1/s1. The minimum Gasteiger partial charge on any atom is -0.469 e. The molecule has 1 aromatic heterocycles. The Labute approximate surface area is 174 Å². The number of hydrogen-bond donors (Lipinski definition) is 1. The molecule has 0 aliphatic carbocycles. The van der Waals surface area contributed by atoms with Crippen LogP contribution in [0.5, 0.6) is 0 Å². The van der Waals surface area contributed by atoms with Crippen molar-refractivity contribution in [2.24, 2.45) is 0 Å². The van der Waals surface area contributed by atoms with E-state index in [0.29, 0.717) is 28.8 Å². The summed E-state index contributed by atoms with van der Waals surface area (Å²) in [6.07, 6.45) is 2.74. The SMILES string of the molecule is CCCn1c(-c2ccc(F)cc2)c(C=C[C@@H](O)CC(=O)OC)c2ccccc2c1=O. The minimum absolute atomic E-state index is 0.126. The van der Waals surface area contributed by atoms with Gasteiger partial charge in [-0.15, -0.1) is 0 Å². The fourth-order valence-corrected chi connectivity index (χ4v) is 3.48. The molecule has 0 unspecified atom stereocenters. The quantitative estimate of drug-likeness (QED) is 0.595. The molecule has 0 fully saturated rings. The molecule has 0 bridgehead atoms. The van der Waals surface area contributed by atoms with Crippen LogP contribution in [0.15, 0.2) is 59.4 Å². The predicted octanol–water partition coefficient (Wildman–Crippen LogP) is 4.15. The maximum atomic E-state index is 13.5. The Morgan fingerprint density at radius 3 is 2.47 bits per heavy atom. The van der Waals surface area contributed by atoms with Gasteiger partial charge >= 0.3 is 5.97 Å². The van der Waals surface area contributed by atoms with E-state index in [2.05, 4.69) is 4.74 Å². The number of halogens is 1. The summed E-state index contributed by atoms with van der Waals surface area (Å²) in [5, 5.41) is 11.5. The number of aliphatic hydroxyl groups is 1. The second kappa shape index (κ2) is 9.50. The molecule has 0 amide bonds. The van der Waals surface area contributed by atoms with Gasteiger partial charge in [-0.05, 0) is 47.7 Å². The van der Waals surface area contributed by atoms with Gasteiger partial charge in [-0.25, -0.2) is 4.39 Å². The summed E-state index contributed by atoms with van der Waals surface area (Å²) in [5.74, 6) is -0.888. The highest BCUT2D eigenvalue weighted by molar-refractivity contribution is 5.95. The predicted molar refractivity (Wildman–Crippen MR) is 116 cm³/mol. The molecule has 0 radical (unpaired) electrons. The Morgan fingerprint density at radius 2 is 1.83 bits per heavy atom. The number of nitrogens with zero attached hydrogens (tertiary/aromatic N) is 1. The molecule has 2 aromatic carbocycles. The fraction of sp³-hybridized carbons (Fsp3) is 0.250. The van der Waals surface area contributed by atoms with Gasteiger partial charge in [0.05, 0.1) is 25.3 Å². The second-order valence-corrected chi connectivity index (χ2v) is 6.98. The van der Waals surface area contributed by atoms with E-state index >= 15 is 0 Å². The second-order valence-electron chi connectivity index (χ2n) is 6.98.